The summed E-state index contributed by atoms with van der Waals surface area (Å²) in [5, 5.41) is 14.7. The molecule has 0 saturated heterocycles. The highest BCUT2D eigenvalue weighted by atomic mass is 79.9. The number of hydrogen-bond donors (Lipinski definition) is 1. The van der Waals surface area contributed by atoms with E-state index in [-0.39, 0.29) is 5.69 Å². The number of fused-ring (bicyclic) bond motifs is 1. The van der Waals surface area contributed by atoms with E-state index in [0.29, 0.717) is 21.7 Å². The van der Waals surface area contributed by atoms with Crippen LogP contribution in [0.5, 0.6) is 0 Å². The summed E-state index contributed by atoms with van der Waals surface area (Å²) in [5.41, 5.74) is 2.00. The molecule has 2 aromatic heterocycles. The van der Waals surface area contributed by atoms with Crippen molar-refractivity contribution in [2.45, 2.75) is 6.54 Å². The summed E-state index contributed by atoms with van der Waals surface area (Å²) in [5.74, 6) is 0. The molecule has 0 fully saturated rings. The Morgan fingerprint density at radius 1 is 1.32 bits per heavy atom. The molecular weight excluding hydrogens is 372 g/mol. The molecule has 8 heteroatoms. The highest BCUT2D eigenvalue weighted by Crippen LogP contribution is 2.28. The molecule has 0 spiro atoms. The van der Waals surface area contributed by atoms with Crippen LogP contribution in [0.3, 0.4) is 0 Å². The summed E-state index contributed by atoms with van der Waals surface area (Å²) in [6.07, 6.45) is 3.59. The molecular formula is C14H10BrClN4O2. The Hall–Kier alpha value is -2.12. The molecule has 1 N–H and O–H groups in total. The minimum atomic E-state index is -0.420. The molecule has 0 radical (unpaired) electrons. The van der Waals surface area contributed by atoms with Gasteiger partial charge < -0.3 is 9.72 Å². The van der Waals surface area contributed by atoms with Crippen molar-refractivity contribution >= 4 is 44.6 Å². The van der Waals surface area contributed by atoms with Crippen molar-refractivity contribution in [3.05, 3.63) is 68.0 Å². The maximum absolute atomic E-state index is 11.1. The Balaban J connectivity index is 1.83. The summed E-state index contributed by atoms with van der Waals surface area (Å²) in [4.78, 5) is 15.1. The van der Waals surface area contributed by atoms with Crippen LogP contribution in [-0.2, 0) is 6.54 Å². The Morgan fingerprint density at radius 3 is 2.91 bits per heavy atom. The van der Waals surface area contributed by atoms with Crippen LogP contribution in [0.25, 0.3) is 5.65 Å². The van der Waals surface area contributed by atoms with Crippen molar-refractivity contribution in [3.63, 3.8) is 0 Å². The first-order valence-electron chi connectivity index (χ1n) is 6.34. The summed E-state index contributed by atoms with van der Waals surface area (Å²) >= 11 is 9.16. The van der Waals surface area contributed by atoms with E-state index in [1.807, 2.05) is 16.7 Å². The second kappa shape index (κ2) is 5.94. The van der Waals surface area contributed by atoms with Crippen LogP contribution in [0.4, 0.5) is 11.4 Å². The Morgan fingerprint density at radius 2 is 2.14 bits per heavy atom. The van der Waals surface area contributed by atoms with Crippen LogP contribution in [0.15, 0.2) is 47.2 Å². The maximum atomic E-state index is 11.1. The van der Waals surface area contributed by atoms with Gasteiger partial charge in [-0.15, -0.1) is 0 Å². The zero-order chi connectivity index (χ0) is 15.7. The molecule has 3 rings (SSSR count). The largest absolute Gasteiger partial charge is 0.374 e. The minimum absolute atomic E-state index is 0.0150. The molecule has 0 atom stereocenters. The van der Waals surface area contributed by atoms with E-state index in [1.165, 1.54) is 6.07 Å². The van der Waals surface area contributed by atoms with Gasteiger partial charge in [0.2, 0.25) is 0 Å². The van der Waals surface area contributed by atoms with E-state index < -0.39 is 4.92 Å². The summed E-state index contributed by atoms with van der Waals surface area (Å²) in [7, 11) is 0. The Bertz CT molecular complexity index is 865. The van der Waals surface area contributed by atoms with Crippen LogP contribution in [0.2, 0.25) is 5.02 Å². The summed E-state index contributed by atoms with van der Waals surface area (Å²) < 4.78 is 2.47. The summed E-state index contributed by atoms with van der Waals surface area (Å²) in [6, 6.07) is 8.45. The second-order valence-corrected chi connectivity index (χ2v) is 5.97. The standard InChI is InChI=1S/C14H10BrClN4O2/c15-9-1-3-12(13(5-9)20(21)22)17-6-11-8-19-7-10(16)2-4-14(19)18-11/h1-5,7-8,17H,6H2. The zero-order valence-electron chi connectivity index (χ0n) is 11.2. The van der Waals surface area contributed by atoms with Crippen molar-refractivity contribution in [1.82, 2.24) is 9.38 Å². The van der Waals surface area contributed by atoms with Gasteiger partial charge >= 0.3 is 0 Å². The van der Waals surface area contributed by atoms with Gasteiger partial charge in [0.05, 0.1) is 22.2 Å². The second-order valence-electron chi connectivity index (χ2n) is 4.62. The average Bonchev–Trinajstić information content (AvgIpc) is 2.87. The quantitative estimate of drug-likeness (QED) is 0.541. The van der Waals surface area contributed by atoms with Crippen molar-refractivity contribution in [2.75, 3.05) is 5.32 Å². The van der Waals surface area contributed by atoms with Crippen LogP contribution in [-0.4, -0.2) is 14.3 Å². The van der Waals surface area contributed by atoms with Gasteiger partial charge in [-0.2, -0.15) is 0 Å². The smallest absolute Gasteiger partial charge is 0.293 e. The molecule has 2 heterocycles. The molecule has 0 aliphatic rings. The lowest BCUT2D eigenvalue weighted by Crippen LogP contribution is -2.02. The van der Waals surface area contributed by atoms with E-state index in [9.17, 15) is 10.1 Å². The number of nitro groups is 1. The molecule has 0 aliphatic carbocycles. The third-order valence-electron chi connectivity index (χ3n) is 3.08. The molecule has 0 unspecified atom stereocenters. The lowest BCUT2D eigenvalue weighted by molar-refractivity contribution is -0.384. The van der Waals surface area contributed by atoms with Gasteiger partial charge in [-0.05, 0) is 24.3 Å². The lowest BCUT2D eigenvalue weighted by atomic mass is 10.2. The molecule has 0 saturated carbocycles. The van der Waals surface area contributed by atoms with Crippen LogP contribution >= 0.6 is 27.5 Å². The highest BCUT2D eigenvalue weighted by molar-refractivity contribution is 9.10. The number of rotatable bonds is 4. The number of aromatic nitrogens is 2. The number of nitrogens with zero attached hydrogens (tertiary/aromatic N) is 3. The van der Waals surface area contributed by atoms with E-state index in [1.54, 1.807) is 24.4 Å². The molecule has 0 aliphatic heterocycles. The number of benzene rings is 1. The fraction of sp³-hybridized carbons (Fsp3) is 0.0714. The number of imidazole rings is 1. The van der Waals surface area contributed by atoms with Gasteiger partial charge in [0, 0.05) is 22.9 Å². The summed E-state index contributed by atoms with van der Waals surface area (Å²) in [6.45, 7) is 0.377. The number of nitro benzene ring substituents is 1. The highest BCUT2D eigenvalue weighted by Gasteiger charge is 2.14. The maximum Gasteiger partial charge on any atom is 0.293 e. The molecule has 0 bridgehead atoms. The molecule has 1 aromatic carbocycles. The van der Waals surface area contributed by atoms with Gasteiger partial charge in [-0.1, -0.05) is 27.5 Å². The monoisotopic (exact) mass is 380 g/mol. The van der Waals surface area contributed by atoms with E-state index >= 15 is 0 Å². The van der Waals surface area contributed by atoms with Crippen molar-refractivity contribution in [3.8, 4) is 0 Å². The van der Waals surface area contributed by atoms with Gasteiger partial charge in [0.1, 0.15) is 11.3 Å². The lowest BCUT2D eigenvalue weighted by Gasteiger charge is -2.05. The third kappa shape index (κ3) is 3.05. The molecule has 22 heavy (non-hydrogen) atoms. The van der Waals surface area contributed by atoms with Crippen molar-refractivity contribution < 1.29 is 4.92 Å². The van der Waals surface area contributed by atoms with Crippen LogP contribution < -0.4 is 5.32 Å². The molecule has 112 valence electrons. The number of pyridine rings is 1. The van der Waals surface area contributed by atoms with Crippen LogP contribution in [0.1, 0.15) is 5.69 Å². The first kappa shape index (κ1) is 14.8. The van der Waals surface area contributed by atoms with E-state index in [0.717, 1.165) is 11.3 Å². The number of halogens is 2. The predicted molar refractivity (Wildman–Crippen MR) is 88.3 cm³/mol. The first-order valence-corrected chi connectivity index (χ1v) is 7.51. The van der Waals surface area contributed by atoms with Gasteiger partial charge in [0.15, 0.2) is 0 Å². The Labute approximate surface area is 139 Å². The SMILES string of the molecule is O=[N+]([O-])c1cc(Br)ccc1NCc1cn2cc(Cl)ccc2n1. The normalized spacial score (nSPS) is 10.8. The van der Waals surface area contributed by atoms with Crippen molar-refractivity contribution in [1.29, 1.82) is 0 Å². The average molecular weight is 382 g/mol. The number of anilines is 1. The van der Waals surface area contributed by atoms with Crippen molar-refractivity contribution in [2.24, 2.45) is 0 Å². The zero-order valence-corrected chi connectivity index (χ0v) is 13.5. The fourth-order valence-corrected chi connectivity index (χ4v) is 2.61. The molecule has 0 amide bonds. The first-order chi connectivity index (χ1) is 10.5. The predicted octanol–water partition coefficient (Wildman–Crippen LogP) is 4.27. The topological polar surface area (TPSA) is 72.5 Å². The van der Waals surface area contributed by atoms with Crippen LogP contribution in [0, 0.1) is 10.1 Å². The fourth-order valence-electron chi connectivity index (χ4n) is 2.09. The number of nitrogens with one attached hydrogen (secondary N) is 1. The van der Waals surface area contributed by atoms with E-state index in [4.69, 9.17) is 11.6 Å². The van der Waals surface area contributed by atoms with Gasteiger partial charge in [-0.25, -0.2) is 4.98 Å². The molecule has 6 nitrogen and oxygen atoms in total. The Kier molecular flexibility index (Phi) is 4.00. The minimum Gasteiger partial charge on any atom is -0.374 e. The van der Waals surface area contributed by atoms with Gasteiger partial charge in [-0.3, -0.25) is 10.1 Å². The number of hydrogen-bond acceptors (Lipinski definition) is 4. The van der Waals surface area contributed by atoms with E-state index in [2.05, 4.69) is 26.2 Å². The van der Waals surface area contributed by atoms with Gasteiger partial charge in [0.25, 0.3) is 5.69 Å². The molecule has 3 aromatic rings. The third-order valence-corrected chi connectivity index (χ3v) is 3.80.